The molecule has 1 aromatic heterocycles. The van der Waals surface area contributed by atoms with Crippen molar-refractivity contribution in [3.05, 3.63) is 176 Å². The predicted octanol–water partition coefficient (Wildman–Crippen LogP) is 12.5. The number of hydrogen-bond acceptors (Lipinski definition) is 2. The fourth-order valence-corrected chi connectivity index (χ4v) is 7.36. The zero-order chi connectivity index (χ0) is 29.3. The summed E-state index contributed by atoms with van der Waals surface area (Å²) in [7, 11) is 0. The summed E-state index contributed by atoms with van der Waals surface area (Å²) in [6, 6.07) is 63.3. The lowest BCUT2D eigenvalue weighted by molar-refractivity contribution is 1.28. The van der Waals surface area contributed by atoms with Gasteiger partial charge in [-0.15, -0.1) is 11.3 Å². The van der Waals surface area contributed by atoms with Crippen LogP contribution in [0.2, 0.25) is 0 Å². The molecule has 0 unspecified atom stereocenters. The second-order valence-electron chi connectivity index (χ2n) is 11.0. The lowest BCUT2D eigenvalue weighted by Gasteiger charge is -2.27. The van der Waals surface area contributed by atoms with Crippen molar-refractivity contribution >= 4 is 48.6 Å². The Labute approximate surface area is 261 Å². The van der Waals surface area contributed by atoms with E-state index in [4.69, 9.17) is 0 Å². The standard InChI is InChI=1S/C42H29NS/c1-3-12-30(13-4-1)32-24-26-35(27-25-32)43(36-18-9-16-33(28-36)31-14-5-2-6-15-31)37-19-10-17-34(29-37)38-21-11-22-40-39-20-7-8-23-41(39)44-42(38)40/h1-29H. The van der Waals surface area contributed by atoms with Crippen molar-refractivity contribution in [3.63, 3.8) is 0 Å². The Morgan fingerprint density at radius 3 is 1.59 bits per heavy atom. The molecule has 0 saturated heterocycles. The van der Waals surface area contributed by atoms with Crippen molar-refractivity contribution < 1.29 is 0 Å². The van der Waals surface area contributed by atoms with Gasteiger partial charge < -0.3 is 4.90 Å². The minimum absolute atomic E-state index is 1.12. The molecule has 8 rings (SSSR count). The summed E-state index contributed by atoms with van der Waals surface area (Å²) in [6.45, 7) is 0. The van der Waals surface area contributed by atoms with Gasteiger partial charge in [-0.3, -0.25) is 0 Å². The third-order valence-corrected chi connectivity index (χ3v) is 9.48. The molecule has 208 valence electrons. The summed E-state index contributed by atoms with van der Waals surface area (Å²) < 4.78 is 2.65. The van der Waals surface area contributed by atoms with Crippen LogP contribution in [-0.4, -0.2) is 0 Å². The van der Waals surface area contributed by atoms with Crippen LogP contribution in [0, 0.1) is 0 Å². The topological polar surface area (TPSA) is 3.24 Å². The number of nitrogens with zero attached hydrogens (tertiary/aromatic N) is 1. The van der Waals surface area contributed by atoms with E-state index < -0.39 is 0 Å². The molecule has 0 saturated carbocycles. The zero-order valence-electron chi connectivity index (χ0n) is 24.1. The van der Waals surface area contributed by atoms with Crippen LogP contribution in [0.4, 0.5) is 17.1 Å². The van der Waals surface area contributed by atoms with Gasteiger partial charge in [0.05, 0.1) is 0 Å². The summed E-state index contributed by atoms with van der Waals surface area (Å²) in [5.74, 6) is 0. The molecular weight excluding hydrogens is 551 g/mol. The van der Waals surface area contributed by atoms with Crippen LogP contribution >= 0.6 is 11.3 Å². The van der Waals surface area contributed by atoms with Crippen molar-refractivity contribution in [2.45, 2.75) is 0 Å². The summed E-state index contributed by atoms with van der Waals surface area (Å²) in [6.07, 6.45) is 0. The van der Waals surface area contributed by atoms with Crippen molar-refractivity contribution in [3.8, 4) is 33.4 Å². The third-order valence-electron chi connectivity index (χ3n) is 8.26. The predicted molar refractivity (Wildman–Crippen MR) is 190 cm³/mol. The smallest absolute Gasteiger partial charge is 0.0467 e. The molecular formula is C42H29NS. The van der Waals surface area contributed by atoms with Crippen LogP contribution in [0.25, 0.3) is 53.6 Å². The second-order valence-corrected chi connectivity index (χ2v) is 12.0. The number of thiophene rings is 1. The first-order chi connectivity index (χ1) is 21.8. The minimum atomic E-state index is 1.12. The van der Waals surface area contributed by atoms with Crippen LogP contribution < -0.4 is 4.90 Å². The van der Waals surface area contributed by atoms with Crippen LogP contribution in [0.3, 0.4) is 0 Å². The number of rotatable bonds is 6. The molecule has 0 N–H and O–H groups in total. The molecule has 0 atom stereocenters. The maximum absolute atomic E-state index is 2.37. The summed E-state index contributed by atoms with van der Waals surface area (Å²) >= 11 is 1.88. The normalized spacial score (nSPS) is 11.2. The van der Waals surface area contributed by atoms with E-state index in [0.717, 1.165) is 17.1 Å². The van der Waals surface area contributed by atoms with E-state index >= 15 is 0 Å². The molecule has 44 heavy (non-hydrogen) atoms. The average molecular weight is 580 g/mol. The summed E-state index contributed by atoms with van der Waals surface area (Å²) in [5.41, 5.74) is 10.7. The molecule has 0 bridgehead atoms. The van der Waals surface area contributed by atoms with Crippen LogP contribution in [-0.2, 0) is 0 Å². The Hall–Kier alpha value is -5.44. The molecule has 0 fully saturated rings. The molecule has 0 aliphatic rings. The van der Waals surface area contributed by atoms with Gasteiger partial charge in [0.2, 0.25) is 0 Å². The maximum atomic E-state index is 2.37. The summed E-state index contributed by atoms with van der Waals surface area (Å²) in [4.78, 5) is 2.37. The quantitative estimate of drug-likeness (QED) is 0.189. The highest BCUT2D eigenvalue weighted by atomic mass is 32.1. The van der Waals surface area contributed by atoms with Gasteiger partial charge in [0.25, 0.3) is 0 Å². The lowest BCUT2D eigenvalue weighted by atomic mass is 10.0. The molecule has 1 nitrogen and oxygen atoms in total. The van der Waals surface area contributed by atoms with E-state index in [-0.39, 0.29) is 0 Å². The lowest BCUT2D eigenvalue weighted by Crippen LogP contribution is -2.10. The molecule has 7 aromatic carbocycles. The largest absolute Gasteiger partial charge is 0.310 e. The first kappa shape index (κ1) is 26.2. The fourth-order valence-electron chi connectivity index (χ4n) is 6.12. The van der Waals surface area contributed by atoms with Crippen molar-refractivity contribution in [2.24, 2.45) is 0 Å². The molecule has 0 aliphatic heterocycles. The zero-order valence-corrected chi connectivity index (χ0v) is 24.9. The van der Waals surface area contributed by atoms with Crippen LogP contribution in [0.15, 0.2) is 176 Å². The highest BCUT2D eigenvalue weighted by molar-refractivity contribution is 7.26. The maximum Gasteiger partial charge on any atom is 0.0467 e. The van der Waals surface area contributed by atoms with Gasteiger partial charge in [-0.05, 0) is 75.8 Å². The number of hydrogen-bond donors (Lipinski definition) is 0. The Bertz CT molecular complexity index is 2210. The number of benzene rings is 7. The first-order valence-corrected chi connectivity index (χ1v) is 15.8. The molecule has 2 heteroatoms. The van der Waals surface area contributed by atoms with E-state index in [2.05, 4.69) is 181 Å². The Morgan fingerprint density at radius 1 is 0.341 bits per heavy atom. The first-order valence-electron chi connectivity index (χ1n) is 14.9. The molecule has 0 spiro atoms. The minimum Gasteiger partial charge on any atom is -0.310 e. The molecule has 0 radical (unpaired) electrons. The average Bonchev–Trinajstić information content (AvgIpc) is 3.49. The van der Waals surface area contributed by atoms with Gasteiger partial charge in [0.15, 0.2) is 0 Å². The van der Waals surface area contributed by atoms with Crippen LogP contribution in [0.1, 0.15) is 0 Å². The monoisotopic (exact) mass is 579 g/mol. The molecule has 1 heterocycles. The van der Waals surface area contributed by atoms with Gasteiger partial charge in [-0.25, -0.2) is 0 Å². The van der Waals surface area contributed by atoms with E-state index in [1.807, 2.05) is 11.3 Å². The Morgan fingerprint density at radius 2 is 0.864 bits per heavy atom. The number of fused-ring (bicyclic) bond motifs is 3. The van der Waals surface area contributed by atoms with Gasteiger partial charge in [-0.2, -0.15) is 0 Å². The van der Waals surface area contributed by atoms with Gasteiger partial charge >= 0.3 is 0 Å². The molecule has 0 aliphatic carbocycles. The third kappa shape index (κ3) is 4.86. The van der Waals surface area contributed by atoms with E-state index in [1.165, 1.54) is 53.6 Å². The van der Waals surface area contributed by atoms with E-state index in [9.17, 15) is 0 Å². The highest BCUT2D eigenvalue weighted by Crippen LogP contribution is 2.42. The molecule has 8 aromatic rings. The highest BCUT2D eigenvalue weighted by Gasteiger charge is 2.16. The van der Waals surface area contributed by atoms with Crippen LogP contribution in [0.5, 0.6) is 0 Å². The molecule has 0 amide bonds. The van der Waals surface area contributed by atoms with Gasteiger partial charge in [-0.1, -0.05) is 133 Å². The summed E-state index contributed by atoms with van der Waals surface area (Å²) in [5, 5.41) is 2.64. The van der Waals surface area contributed by atoms with Crippen molar-refractivity contribution in [1.82, 2.24) is 0 Å². The number of anilines is 3. The van der Waals surface area contributed by atoms with Crippen molar-refractivity contribution in [1.29, 1.82) is 0 Å². The van der Waals surface area contributed by atoms with Gasteiger partial charge in [0.1, 0.15) is 0 Å². The Kier molecular flexibility index (Phi) is 6.75. The van der Waals surface area contributed by atoms with E-state index in [0.29, 0.717) is 0 Å². The second kappa shape index (κ2) is 11.3. The SMILES string of the molecule is c1ccc(-c2ccc(N(c3cccc(-c4ccccc4)c3)c3cccc(-c4cccc5c4sc4ccccc45)c3)cc2)cc1. The Balaban J connectivity index is 1.27. The van der Waals surface area contributed by atoms with E-state index in [1.54, 1.807) is 0 Å². The fraction of sp³-hybridized carbons (Fsp3) is 0. The van der Waals surface area contributed by atoms with Gasteiger partial charge in [0, 0.05) is 37.2 Å². The van der Waals surface area contributed by atoms with Crippen molar-refractivity contribution in [2.75, 3.05) is 4.90 Å².